The van der Waals surface area contributed by atoms with Gasteiger partial charge in [0, 0.05) is 55.7 Å². The summed E-state index contributed by atoms with van der Waals surface area (Å²) < 4.78 is 10.8. The van der Waals surface area contributed by atoms with Crippen LogP contribution in [-0.2, 0) is 16.0 Å². The van der Waals surface area contributed by atoms with Crippen molar-refractivity contribution in [3.63, 3.8) is 0 Å². The van der Waals surface area contributed by atoms with Crippen molar-refractivity contribution in [3.05, 3.63) is 59.0 Å². The predicted molar refractivity (Wildman–Crippen MR) is 144 cm³/mol. The van der Waals surface area contributed by atoms with Crippen molar-refractivity contribution in [1.29, 1.82) is 0 Å². The summed E-state index contributed by atoms with van der Waals surface area (Å²) in [7, 11) is 3.07. The Morgan fingerprint density at radius 3 is 2.51 bits per heavy atom. The summed E-state index contributed by atoms with van der Waals surface area (Å²) in [4.78, 5) is 34.8. The molecule has 0 saturated carbocycles. The van der Waals surface area contributed by atoms with E-state index in [1.807, 2.05) is 18.2 Å². The molecule has 0 radical (unpaired) electrons. The highest BCUT2D eigenvalue weighted by atomic mass is 35.5. The number of fused-ring (bicyclic) bond motifs is 1. The highest BCUT2D eigenvalue weighted by Crippen LogP contribution is 2.46. The van der Waals surface area contributed by atoms with Crippen molar-refractivity contribution in [1.82, 2.24) is 20.2 Å². The minimum absolute atomic E-state index is 0.0863. The van der Waals surface area contributed by atoms with Crippen LogP contribution >= 0.6 is 23.2 Å². The zero-order valence-electron chi connectivity index (χ0n) is 20.9. The first kappa shape index (κ1) is 26.7. The van der Waals surface area contributed by atoms with E-state index in [0.29, 0.717) is 52.4 Å². The minimum atomic E-state index is -0.142. The molecule has 0 spiro atoms. The van der Waals surface area contributed by atoms with E-state index in [1.165, 1.54) is 27.2 Å². The van der Waals surface area contributed by atoms with E-state index in [2.05, 4.69) is 16.9 Å². The number of carbonyl (C=O) groups is 2. The number of hydrogen-bond acceptors (Lipinski definition) is 6. The van der Waals surface area contributed by atoms with Gasteiger partial charge in [-0.1, -0.05) is 35.8 Å². The average Bonchev–Trinajstić information content (AvgIpc) is 3.29. The number of rotatable bonds is 8. The molecule has 1 aromatic heterocycles. The van der Waals surface area contributed by atoms with Crippen LogP contribution in [0.2, 0.25) is 10.0 Å². The lowest BCUT2D eigenvalue weighted by molar-refractivity contribution is -0.127. The van der Waals surface area contributed by atoms with Gasteiger partial charge in [-0.25, -0.2) is 9.97 Å². The Bertz CT molecular complexity index is 1340. The highest BCUT2D eigenvalue weighted by molar-refractivity contribution is 6.41. The van der Waals surface area contributed by atoms with E-state index in [1.54, 1.807) is 17.2 Å². The molecule has 4 rings (SSSR count). The molecule has 3 aromatic rings. The van der Waals surface area contributed by atoms with Crippen LogP contribution in [0.15, 0.2) is 43.1 Å². The van der Waals surface area contributed by atoms with E-state index in [0.717, 1.165) is 22.9 Å². The highest BCUT2D eigenvalue weighted by Gasteiger charge is 2.34. The summed E-state index contributed by atoms with van der Waals surface area (Å²) in [6.45, 7) is 6.04. The number of benzene rings is 2. The Labute approximate surface area is 225 Å². The molecule has 194 valence electrons. The fourth-order valence-electron chi connectivity index (χ4n) is 4.73. The molecule has 8 nitrogen and oxygen atoms in total. The second-order valence-corrected chi connectivity index (χ2v) is 9.69. The third-order valence-corrected chi connectivity index (χ3v) is 7.26. The van der Waals surface area contributed by atoms with Crippen LogP contribution in [0.25, 0.3) is 22.0 Å². The van der Waals surface area contributed by atoms with Gasteiger partial charge < -0.3 is 19.7 Å². The van der Waals surface area contributed by atoms with Crippen LogP contribution in [-0.4, -0.2) is 60.0 Å². The Kier molecular flexibility index (Phi) is 8.19. The van der Waals surface area contributed by atoms with Crippen LogP contribution in [0, 0.1) is 5.92 Å². The van der Waals surface area contributed by atoms with Gasteiger partial charge in [0.2, 0.25) is 11.8 Å². The molecule has 10 heteroatoms. The standard InChI is InChI=1S/C27H28Cl2N4O4/c1-5-24(35)33-14-16(8-19(33)13-30-15(2)34)9-23-31-12-18-10-17(6-7-20(18)32-23)25-26(28)21(36-3)11-22(37-4)27(25)29/h5-7,10-12,16,19H,1,8-9,13-14H2,2-4H3,(H,30,34)/t16-,19+/m1/s1. The van der Waals surface area contributed by atoms with Crippen molar-refractivity contribution in [2.75, 3.05) is 27.3 Å². The van der Waals surface area contributed by atoms with Crippen molar-refractivity contribution < 1.29 is 19.1 Å². The molecule has 1 saturated heterocycles. The van der Waals surface area contributed by atoms with Crippen LogP contribution < -0.4 is 14.8 Å². The Morgan fingerprint density at radius 1 is 1.19 bits per heavy atom. The summed E-state index contributed by atoms with van der Waals surface area (Å²) in [5.41, 5.74) is 2.17. The van der Waals surface area contributed by atoms with Crippen molar-refractivity contribution in [2.45, 2.75) is 25.8 Å². The lowest BCUT2D eigenvalue weighted by Crippen LogP contribution is -2.42. The maximum absolute atomic E-state index is 12.3. The molecule has 0 bridgehead atoms. The zero-order chi connectivity index (χ0) is 26.7. The van der Waals surface area contributed by atoms with Crippen molar-refractivity contribution >= 4 is 45.9 Å². The third-order valence-electron chi connectivity index (χ3n) is 6.51. The maximum Gasteiger partial charge on any atom is 0.246 e. The molecule has 1 N–H and O–H groups in total. The van der Waals surface area contributed by atoms with Gasteiger partial charge in [0.1, 0.15) is 17.3 Å². The van der Waals surface area contributed by atoms with E-state index in [-0.39, 0.29) is 23.8 Å². The van der Waals surface area contributed by atoms with Gasteiger partial charge in [-0.15, -0.1) is 0 Å². The molecule has 37 heavy (non-hydrogen) atoms. The summed E-state index contributed by atoms with van der Waals surface area (Å²) in [6, 6.07) is 7.29. The van der Waals surface area contributed by atoms with Gasteiger partial charge in [-0.05, 0) is 36.1 Å². The second kappa shape index (κ2) is 11.4. The normalized spacial score (nSPS) is 17.1. The van der Waals surface area contributed by atoms with E-state index in [9.17, 15) is 9.59 Å². The fourth-order valence-corrected chi connectivity index (χ4v) is 5.45. The molecule has 1 aliphatic rings. The summed E-state index contributed by atoms with van der Waals surface area (Å²) in [5, 5.41) is 4.42. The number of likely N-dealkylation sites (tertiary alicyclic amines) is 1. The molecule has 2 amide bonds. The fraction of sp³-hybridized carbons (Fsp3) is 0.333. The van der Waals surface area contributed by atoms with Gasteiger partial charge in [0.15, 0.2) is 0 Å². The van der Waals surface area contributed by atoms with Gasteiger partial charge in [0.25, 0.3) is 0 Å². The van der Waals surface area contributed by atoms with Crippen molar-refractivity contribution in [2.24, 2.45) is 5.92 Å². The molecule has 1 fully saturated rings. The van der Waals surface area contributed by atoms with Gasteiger partial charge >= 0.3 is 0 Å². The maximum atomic E-state index is 12.3. The lowest BCUT2D eigenvalue weighted by Gasteiger charge is -2.23. The minimum Gasteiger partial charge on any atom is -0.495 e. The number of halogens is 2. The van der Waals surface area contributed by atoms with Crippen LogP contribution in [0.1, 0.15) is 19.2 Å². The molecule has 2 atom stereocenters. The first-order valence-electron chi connectivity index (χ1n) is 11.8. The average molecular weight is 543 g/mol. The van der Waals surface area contributed by atoms with E-state index >= 15 is 0 Å². The molecule has 1 aliphatic heterocycles. The first-order chi connectivity index (χ1) is 17.7. The number of methoxy groups -OCH3 is 2. The molecule has 0 aliphatic carbocycles. The monoisotopic (exact) mass is 542 g/mol. The second-order valence-electron chi connectivity index (χ2n) is 8.94. The Morgan fingerprint density at radius 2 is 1.89 bits per heavy atom. The summed E-state index contributed by atoms with van der Waals surface area (Å²) in [5.74, 6) is 1.51. The summed E-state index contributed by atoms with van der Waals surface area (Å²) in [6.07, 6.45) is 4.44. The quantitative estimate of drug-likeness (QED) is 0.414. The van der Waals surface area contributed by atoms with Gasteiger partial charge in [-0.3, -0.25) is 9.59 Å². The zero-order valence-corrected chi connectivity index (χ0v) is 22.4. The Balaban J connectivity index is 1.58. The van der Waals surface area contributed by atoms with Gasteiger partial charge in [0.05, 0.1) is 29.8 Å². The lowest BCUT2D eigenvalue weighted by atomic mass is 10.0. The third kappa shape index (κ3) is 5.65. The molecule has 2 heterocycles. The topological polar surface area (TPSA) is 93.7 Å². The van der Waals surface area contributed by atoms with E-state index in [4.69, 9.17) is 37.7 Å². The smallest absolute Gasteiger partial charge is 0.246 e. The number of hydrogen-bond donors (Lipinski definition) is 1. The SMILES string of the molecule is C=CC(=O)N1C[C@@H](Cc2ncc3cc(-c4c(Cl)c(OC)cc(OC)c4Cl)ccc3n2)C[C@H]1CNC(C)=O. The molecule has 2 aromatic carbocycles. The van der Waals surface area contributed by atoms with Gasteiger partial charge in [-0.2, -0.15) is 0 Å². The number of carbonyl (C=O) groups excluding carboxylic acids is 2. The first-order valence-corrected chi connectivity index (χ1v) is 12.5. The van der Waals surface area contributed by atoms with Crippen molar-refractivity contribution in [3.8, 4) is 22.6 Å². The predicted octanol–water partition coefficient (Wildman–Crippen LogP) is 4.70. The number of amides is 2. The molecular weight excluding hydrogens is 515 g/mol. The number of nitrogens with zero attached hydrogens (tertiary/aromatic N) is 3. The number of ether oxygens (including phenoxy) is 2. The number of nitrogens with one attached hydrogen (secondary N) is 1. The summed E-state index contributed by atoms with van der Waals surface area (Å²) >= 11 is 13.2. The van der Waals surface area contributed by atoms with Crippen LogP contribution in [0.5, 0.6) is 11.5 Å². The van der Waals surface area contributed by atoms with Crippen LogP contribution in [0.3, 0.4) is 0 Å². The Hall–Kier alpha value is -3.36. The largest absolute Gasteiger partial charge is 0.495 e. The molecular formula is C27H28Cl2N4O4. The molecule has 0 unspecified atom stereocenters. The number of aromatic nitrogens is 2. The van der Waals surface area contributed by atoms with Crippen LogP contribution in [0.4, 0.5) is 0 Å². The van der Waals surface area contributed by atoms with E-state index < -0.39 is 0 Å².